The number of nitrogens with zero attached hydrogens (tertiary/aromatic N) is 1. The summed E-state index contributed by atoms with van der Waals surface area (Å²) in [5.74, 6) is 0.564. The number of nitrogens with one attached hydrogen (secondary N) is 2. The van der Waals surface area contributed by atoms with Crippen LogP contribution in [0.15, 0.2) is 29.3 Å². The molecule has 0 radical (unpaired) electrons. The van der Waals surface area contributed by atoms with Crippen molar-refractivity contribution in [2.75, 3.05) is 25.6 Å². The van der Waals surface area contributed by atoms with E-state index in [1.54, 1.807) is 7.11 Å². The van der Waals surface area contributed by atoms with Crippen LogP contribution < -0.4 is 16.4 Å². The molecule has 0 saturated heterocycles. The molecule has 2 rings (SSSR count). The van der Waals surface area contributed by atoms with Crippen LogP contribution >= 0.6 is 0 Å². The van der Waals surface area contributed by atoms with E-state index in [-0.39, 0.29) is 0 Å². The van der Waals surface area contributed by atoms with Gasteiger partial charge in [0.15, 0.2) is 5.96 Å². The number of benzene rings is 1. The van der Waals surface area contributed by atoms with Crippen LogP contribution in [0.25, 0.3) is 0 Å². The van der Waals surface area contributed by atoms with Gasteiger partial charge in [-0.15, -0.1) is 0 Å². The van der Waals surface area contributed by atoms with Crippen LogP contribution in [0.1, 0.15) is 37.7 Å². The number of hydrogen-bond acceptors (Lipinski definition) is 3. The zero-order chi connectivity index (χ0) is 15.6. The summed E-state index contributed by atoms with van der Waals surface area (Å²) in [6.45, 7) is 2.13. The predicted molar refractivity (Wildman–Crippen MR) is 92.1 cm³/mol. The lowest BCUT2D eigenvalue weighted by Crippen LogP contribution is -2.41. The number of rotatable bonds is 7. The molecule has 1 aromatic carbocycles. The fourth-order valence-corrected chi connectivity index (χ4v) is 2.70. The van der Waals surface area contributed by atoms with Crippen LogP contribution in [-0.4, -0.2) is 32.3 Å². The van der Waals surface area contributed by atoms with Crippen molar-refractivity contribution in [2.24, 2.45) is 10.7 Å². The Morgan fingerprint density at radius 1 is 1.23 bits per heavy atom. The fourth-order valence-electron chi connectivity index (χ4n) is 2.70. The topological polar surface area (TPSA) is 71.7 Å². The van der Waals surface area contributed by atoms with E-state index in [0.717, 1.165) is 17.8 Å². The first-order valence-electron chi connectivity index (χ1n) is 8.16. The number of guanidine groups is 1. The van der Waals surface area contributed by atoms with Crippen LogP contribution in [-0.2, 0) is 11.3 Å². The number of aliphatic imine (C=N–C) groups is 1. The van der Waals surface area contributed by atoms with E-state index in [4.69, 9.17) is 10.5 Å². The smallest absolute Gasteiger partial charge is 0.189 e. The first kappa shape index (κ1) is 16.6. The van der Waals surface area contributed by atoms with E-state index >= 15 is 0 Å². The summed E-state index contributed by atoms with van der Waals surface area (Å²) in [6.07, 6.45) is 6.35. The van der Waals surface area contributed by atoms with Gasteiger partial charge in [-0.1, -0.05) is 31.4 Å². The monoisotopic (exact) mass is 304 g/mol. The molecule has 4 N–H and O–H groups in total. The molecular weight excluding hydrogens is 276 g/mol. The van der Waals surface area contributed by atoms with Gasteiger partial charge in [0.05, 0.1) is 13.2 Å². The molecule has 1 aliphatic carbocycles. The van der Waals surface area contributed by atoms with Crippen molar-refractivity contribution in [1.29, 1.82) is 0 Å². The van der Waals surface area contributed by atoms with Crippen LogP contribution in [0.2, 0.25) is 0 Å². The number of hydrogen-bond donors (Lipinski definition) is 3. The van der Waals surface area contributed by atoms with Gasteiger partial charge in [0.2, 0.25) is 0 Å². The van der Waals surface area contributed by atoms with Crippen molar-refractivity contribution in [3.8, 4) is 0 Å². The maximum Gasteiger partial charge on any atom is 0.189 e. The average molecular weight is 304 g/mol. The molecule has 1 aromatic rings. The molecule has 0 aliphatic heterocycles. The van der Waals surface area contributed by atoms with Gasteiger partial charge >= 0.3 is 0 Å². The second-order valence-corrected chi connectivity index (χ2v) is 5.80. The molecule has 1 fully saturated rings. The van der Waals surface area contributed by atoms with Gasteiger partial charge in [-0.3, -0.25) is 0 Å². The fraction of sp³-hybridized carbons (Fsp3) is 0.588. The minimum absolute atomic E-state index is 0.505. The molecule has 0 heterocycles. The third-order valence-corrected chi connectivity index (χ3v) is 3.98. The molecule has 0 unspecified atom stereocenters. The predicted octanol–water partition coefficient (Wildman–Crippen LogP) is 2.48. The highest BCUT2D eigenvalue weighted by molar-refractivity contribution is 5.78. The Morgan fingerprint density at radius 2 is 1.95 bits per heavy atom. The summed E-state index contributed by atoms with van der Waals surface area (Å²) in [6, 6.07) is 8.78. The second kappa shape index (κ2) is 9.30. The summed E-state index contributed by atoms with van der Waals surface area (Å²) in [5, 5.41) is 6.63. The zero-order valence-corrected chi connectivity index (χ0v) is 13.5. The normalized spacial score (nSPS) is 16.5. The van der Waals surface area contributed by atoms with Crippen molar-refractivity contribution in [3.05, 3.63) is 29.8 Å². The van der Waals surface area contributed by atoms with E-state index in [1.807, 2.05) is 0 Å². The summed E-state index contributed by atoms with van der Waals surface area (Å²) in [5.41, 5.74) is 8.23. The maximum atomic E-state index is 5.98. The van der Waals surface area contributed by atoms with E-state index in [0.29, 0.717) is 25.2 Å². The van der Waals surface area contributed by atoms with Gasteiger partial charge in [-0.05, 0) is 30.5 Å². The number of methoxy groups -OCH3 is 1. The van der Waals surface area contributed by atoms with Crippen LogP contribution in [0.4, 0.5) is 5.69 Å². The van der Waals surface area contributed by atoms with E-state index in [1.165, 1.54) is 32.1 Å². The Hall–Kier alpha value is -1.75. The molecule has 22 heavy (non-hydrogen) atoms. The highest BCUT2D eigenvalue weighted by Crippen LogP contribution is 2.17. The van der Waals surface area contributed by atoms with Crippen molar-refractivity contribution < 1.29 is 4.74 Å². The maximum absolute atomic E-state index is 5.98. The third kappa shape index (κ3) is 5.93. The van der Waals surface area contributed by atoms with Crippen molar-refractivity contribution in [2.45, 2.75) is 44.7 Å². The largest absolute Gasteiger partial charge is 0.383 e. The molecular formula is C17H28N4O. The minimum atomic E-state index is 0.505. The average Bonchev–Trinajstić information content (AvgIpc) is 2.55. The summed E-state index contributed by atoms with van der Waals surface area (Å²) >= 11 is 0. The Bertz CT molecular complexity index is 452. The Labute approximate surface area is 133 Å². The summed E-state index contributed by atoms with van der Waals surface area (Å²) in [4.78, 5) is 4.44. The van der Waals surface area contributed by atoms with Crippen molar-refractivity contribution >= 4 is 11.6 Å². The highest BCUT2D eigenvalue weighted by Gasteiger charge is 2.13. The second-order valence-electron chi connectivity index (χ2n) is 5.80. The van der Waals surface area contributed by atoms with E-state index in [9.17, 15) is 0 Å². The molecule has 0 spiro atoms. The Kier molecular flexibility index (Phi) is 7.03. The molecule has 0 aromatic heterocycles. The van der Waals surface area contributed by atoms with Gasteiger partial charge in [-0.2, -0.15) is 0 Å². The molecule has 122 valence electrons. The van der Waals surface area contributed by atoms with Crippen LogP contribution in [0.3, 0.4) is 0 Å². The first-order chi connectivity index (χ1) is 10.8. The van der Waals surface area contributed by atoms with Crippen molar-refractivity contribution in [1.82, 2.24) is 5.32 Å². The van der Waals surface area contributed by atoms with Crippen molar-refractivity contribution in [3.63, 3.8) is 0 Å². The Morgan fingerprint density at radius 3 is 2.64 bits per heavy atom. The van der Waals surface area contributed by atoms with Gasteiger partial charge in [0, 0.05) is 25.4 Å². The summed E-state index contributed by atoms with van der Waals surface area (Å²) < 4.78 is 5.01. The van der Waals surface area contributed by atoms with Crippen LogP contribution in [0.5, 0.6) is 0 Å². The van der Waals surface area contributed by atoms with E-state index in [2.05, 4.69) is 39.9 Å². The highest BCUT2D eigenvalue weighted by atomic mass is 16.5. The lowest BCUT2D eigenvalue weighted by molar-refractivity contribution is 0.211. The number of nitrogens with two attached hydrogens (primary N) is 1. The van der Waals surface area contributed by atoms with Gasteiger partial charge in [0.25, 0.3) is 0 Å². The standard InChI is InChI=1S/C17H28N4O/c1-22-12-11-19-15-9-7-14(8-10-15)13-20-17(18)21-16-5-3-2-4-6-16/h7-10,16,19H,2-6,11-13H2,1H3,(H3,18,20,21). The Balaban J connectivity index is 1.76. The number of anilines is 1. The van der Waals surface area contributed by atoms with Gasteiger partial charge < -0.3 is 21.1 Å². The molecule has 0 bridgehead atoms. The molecule has 0 atom stereocenters. The lowest BCUT2D eigenvalue weighted by Gasteiger charge is -2.23. The molecule has 1 saturated carbocycles. The number of ether oxygens (including phenoxy) is 1. The van der Waals surface area contributed by atoms with Crippen LogP contribution in [0, 0.1) is 0 Å². The zero-order valence-electron chi connectivity index (χ0n) is 13.5. The SMILES string of the molecule is COCCNc1ccc(CN=C(N)NC2CCCCC2)cc1. The summed E-state index contributed by atoms with van der Waals surface area (Å²) in [7, 11) is 1.70. The third-order valence-electron chi connectivity index (χ3n) is 3.98. The molecule has 1 aliphatic rings. The van der Waals surface area contributed by atoms with Gasteiger partial charge in [0.1, 0.15) is 0 Å². The van der Waals surface area contributed by atoms with Gasteiger partial charge in [-0.25, -0.2) is 4.99 Å². The quantitative estimate of drug-likeness (QED) is 0.411. The molecule has 0 amide bonds. The lowest BCUT2D eigenvalue weighted by atomic mass is 9.96. The minimum Gasteiger partial charge on any atom is -0.383 e. The van der Waals surface area contributed by atoms with E-state index < -0.39 is 0 Å². The molecule has 5 nitrogen and oxygen atoms in total. The molecule has 5 heteroatoms. The first-order valence-corrected chi connectivity index (χ1v) is 8.16.